The molecule has 1 unspecified atom stereocenters. The summed E-state index contributed by atoms with van der Waals surface area (Å²) in [6.45, 7) is 7.77. The van der Waals surface area contributed by atoms with Gasteiger partial charge in [-0.1, -0.05) is 20.3 Å². The lowest BCUT2D eigenvalue weighted by Crippen LogP contribution is -2.22. The number of unbranched alkanes of at least 4 members (excludes halogenated alkanes) is 1. The molecule has 0 aromatic carbocycles. The van der Waals surface area contributed by atoms with Crippen LogP contribution in [-0.4, -0.2) is 31.6 Å². The molecule has 0 aromatic heterocycles. The van der Waals surface area contributed by atoms with Crippen LogP contribution in [0.4, 0.5) is 0 Å². The van der Waals surface area contributed by atoms with E-state index in [1.54, 1.807) is 0 Å². The fourth-order valence-electron chi connectivity index (χ4n) is 1.37. The van der Waals surface area contributed by atoms with Crippen LogP contribution in [0, 0.1) is 5.92 Å². The summed E-state index contributed by atoms with van der Waals surface area (Å²) in [6.07, 6.45) is 5.18. The van der Waals surface area contributed by atoms with Crippen molar-refractivity contribution >= 4 is 0 Å². The van der Waals surface area contributed by atoms with Crippen LogP contribution >= 0.6 is 0 Å². The lowest BCUT2D eigenvalue weighted by molar-refractivity contribution is 0.311. The molecule has 0 bridgehead atoms. The second kappa shape index (κ2) is 8.52. The average Bonchev–Trinajstić information content (AvgIpc) is 2.14. The first-order valence-corrected chi connectivity index (χ1v) is 5.59. The summed E-state index contributed by atoms with van der Waals surface area (Å²) < 4.78 is 0. The molecule has 13 heavy (non-hydrogen) atoms. The summed E-state index contributed by atoms with van der Waals surface area (Å²) >= 11 is 0. The molecule has 80 valence electrons. The van der Waals surface area contributed by atoms with Crippen molar-refractivity contribution < 1.29 is 0 Å². The number of rotatable bonds is 8. The molecule has 0 aliphatic carbocycles. The number of nitrogens with zero attached hydrogens (tertiary/aromatic N) is 1. The van der Waals surface area contributed by atoms with Gasteiger partial charge in [0.25, 0.3) is 0 Å². The molecule has 0 saturated carbocycles. The minimum atomic E-state index is 0.694. The third kappa shape index (κ3) is 8.26. The first-order valence-electron chi connectivity index (χ1n) is 5.59. The monoisotopic (exact) mass is 186 g/mol. The van der Waals surface area contributed by atoms with Gasteiger partial charge in [-0.3, -0.25) is 0 Å². The van der Waals surface area contributed by atoms with E-state index in [0.29, 0.717) is 5.92 Å². The Kier molecular flexibility index (Phi) is 8.46. The van der Waals surface area contributed by atoms with Crippen molar-refractivity contribution in [2.24, 2.45) is 11.7 Å². The lowest BCUT2D eigenvalue weighted by atomic mass is 10.1. The van der Waals surface area contributed by atoms with E-state index in [0.717, 1.165) is 6.54 Å². The van der Waals surface area contributed by atoms with E-state index in [-0.39, 0.29) is 0 Å². The van der Waals surface area contributed by atoms with Gasteiger partial charge in [0.2, 0.25) is 0 Å². The maximum Gasteiger partial charge on any atom is -0.00217 e. The number of hydrogen-bond donors (Lipinski definition) is 1. The highest BCUT2D eigenvalue weighted by atomic mass is 15.1. The van der Waals surface area contributed by atoms with E-state index in [4.69, 9.17) is 5.73 Å². The molecular weight excluding hydrogens is 160 g/mol. The molecule has 0 heterocycles. The van der Waals surface area contributed by atoms with Crippen LogP contribution in [0.25, 0.3) is 0 Å². The number of nitrogens with two attached hydrogens (primary N) is 1. The van der Waals surface area contributed by atoms with Gasteiger partial charge in [-0.05, 0) is 51.9 Å². The van der Waals surface area contributed by atoms with Gasteiger partial charge >= 0.3 is 0 Å². The molecule has 0 rings (SSSR count). The molecule has 0 aliphatic heterocycles. The molecule has 2 heteroatoms. The maximum absolute atomic E-state index is 5.56. The summed E-state index contributed by atoms with van der Waals surface area (Å²) in [5.74, 6) is 0.694. The van der Waals surface area contributed by atoms with E-state index in [1.807, 2.05) is 0 Å². The molecule has 0 radical (unpaired) electrons. The second-order valence-corrected chi connectivity index (χ2v) is 4.14. The Labute approximate surface area is 83.5 Å². The number of hydrogen-bond acceptors (Lipinski definition) is 2. The molecule has 1 atom stereocenters. The van der Waals surface area contributed by atoms with Crippen molar-refractivity contribution in [3.63, 3.8) is 0 Å². The summed E-state index contributed by atoms with van der Waals surface area (Å²) in [5, 5.41) is 0. The maximum atomic E-state index is 5.56. The highest BCUT2D eigenvalue weighted by molar-refractivity contribution is 4.56. The zero-order valence-electron chi connectivity index (χ0n) is 9.55. The lowest BCUT2D eigenvalue weighted by Gasteiger charge is -2.16. The second-order valence-electron chi connectivity index (χ2n) is 4.14. The standard InChI is InChI=1S/C11H26N2/c1-4-5-8-13(3)9-6-7-11(2)10-12/h11H,4-10,12H2,1-3H3. The SMILES string of the molecule is CCCCN(C)CCCC(C)CN. The molecule has 0 spiro atoms. The normalized spacial score (nSPS) is 13.6. The van der Waals surface area contributed by atoms with Gasteiger partial charge in [-0.25, -0.2) is 0 Å². The van der Waals surface area contributed by atoms with Crippen molar-refractivity contribution in [2.75, 3.05) is 26.7 Å². The Morgan fingerprint density at radius 1 is 1.23 bits per heavy atom. The van der Waals surface area contributed by atoms with Gasteiger partial charge in [0.05, 0.1) is 0 Å². The Hall–Kier alpha value is -0.0800. The van der Waals surface area contributed by atoms with Gasteiger partial charge in [0.15, 0.2) is 0 Å². The first-order chi connectivity index (χ1) is 6.20. The zero-order chi connectivity index (χ0) is 10.1. The van der Waals surface area contributed by atoms with Crippen LogP contribution in [0.3, 0.4) is 0 Å². The van der Waals surface area contributed by atoms with Crippen molar-refractivity contribution in [3.8, 4) is 0 Å². The molecule has 0 fully saturated rings. The summed E-state index contributed by atoms with van der Waals surface area (Å²) in [7, 11) is 2.21. The fourth-order valence-corrected chi connectivity index (χ4v) is 1.37. The predicted octanol–water partition coefficient (Wildman–Crippen LogP) is 2.09. The highest BCUT2D eigenvalue weighted by Gasteiger charge is 2.00. The highest BCUT2D eigenvalue weighted by Crippen LogP contribution is 2.04. The van der Waals surface area contributed by atoms with E-state index >= 15 is 0 Å². The molecule has 2 N–H and O–H groups in total. The third-order valence-electron chi connectivity index (χ3n) is 2.53. The van der Waals surface area contributed by atoms with Crippen LogP contribution in [-0.2, 0) is 0 Å². The van der Waals surface area contributed by atoms with Gasteiger partial charge in [0, 0.05) is 0 Å². The quantitative estimate of drug-likeness (QED) is 0.629. The van der Waals surface area contributed by atoms with Gasteiger partial charge in [-0.2, -0.15) is 0 Å². The van der Waals surface area contributed by atoms with E-state index < -0.39 is 0 Å². The molecule has 0 amide bonds. The first kappa shape index (κ1) is 12.9. The topological polar surface area (TPSA) is 29.3 Å². The van der Waals surface area contributed by atoms with Crippen LogP contribution in [0.5, 0.6) is 0 Å². The Morgan fingerprint density at radius 2 is 1.85 bits per heavy atom. The van der Waals surface area contributed by atoms with Crippen molar-refractivity contribution in [2.45, 2.75) is 39.5 Å². The van der Waals surface area contributed by atoms with Crippen LogP contribution in [0.15, 0.2) is 0 Å². The summed E-state index contributed by atoms with van der Waals surface area (Å²) in [5.41, 5.74) is 5.56. The van der Waals surface area contributed by atoms with E-state index in [1.165, 1.54) is 38.8 Å². The van der Waals surface area contributed by atoms with Gasteiger partial charge < -0.3 is 10.6 Å². The molecule has 2 nitrogen and oxygen atoms in total. The van der Waals surface area contributed by atoms with Crippen molar-refractivity contribution in [1.29, 1.82) is 0 Å². The minimum absolute atomic E-state index is 0.694. The average molecular weight is 186 g/mol. The fraction of sp³-hybridized carbons (Fsp3) is 1.00. The predicted molar refractivity (Wildman–Crippen MR) is 59.9 cm³/mol. The zero-order valence-corrected chi connectivity index (χ0v) is 9.55. The molecule has 0 saturated heterocycles. The molecular formula is C11H26N2. The summed E-state index contributed by atoms with van der Waals surface area (Å²) in [4.78, 5) is 2.42. The van der Waals surface area contributed by atoms with Crippen LogP contribution in [0.2, 0.25) is 0 Å². The minimum Gasteiger partial charge on any atom is -0.330 e. The van der Waals surface area contributed by atoms with Gasteiger partial charge in [0.1, 0.15) is 0 Å². The van der Waals surface area contributed by atoms with E-state index in [2.05, 4.69) is 25.8 Å². The van der Waals surface area contributed by atoms with Crippen molar-refractivity contribution in [1.82, 2.24) is 4.90 Å². The van der Waals surface area contributed by atoms with Gasteiger partial charge in [-0.15, -0.1) is 0 Å². The third-order valence-corrected chi connectivity index (χ3v) is 2.53. The Morgan fingerprint density at radius 3 is 2.38 bits per heavy atom. The van der Waals surface area contributed by atoms with Crippen molar-refractivity contribution in [3.05, 3.63) is 0 Å². The Balaban J connectivity index is 3.21. The molecule has 0 aliphatic rings. The van der Waals surface area contributed by atoms with Crippen LogP contribution in [0.1, 0.15) is 39.5 Å². The molecule has 0 aromatic rings. The van der Waals surface area contributed by atoms with E-state index in [9.17, 15) is 0 Å². The van der Waals surface area contributed by atoms with Crippen LogP contribution < -0.4 is 5.73 Å². The smallest absolute Gasteiger partial charge is 0.00217 e. The summed E-state index contributed by atoms with van der Waals surface area (Å²) in [6, 6.07) is 0. The largest absolute Gasteiger partial charge is 0.330 e. The Bertz CT molecular complexity index is 104.